The molecule has 1 aliphatic carbocycles. The van der Waals surface area contributed by atoms with Gasteiger partial charge in [-0.2, -0.15) is 0 Å². The highest BCUT2D eigenvalue weighted by Crippen LogP contribution is 2.37. The van der Waals surface area contributed by atoms with Crippen molar-refractivity contribution in [3.8, 4) is 5.75 Å². The molecule has 3 aromatic rings. The van der Waals surface area contributed by atoms with E-state index in [0.29, 0.717) is 36.7 Å². The van der Waals surface area contributed by atoms with Crippen LogP contribution in [0.2, 0.25) is 0 Å². The van der Waals surface area contributed by atoms with Crippen molar-refractivity contribution in [2.75, 3.05) is 25.5 Å². The maximum atomic E-state index is 14.2. The molecular weight excluding hydrogens is 520 g/mol. The smallest absolute Gasteiger partial charge is 0.250 e. The van der Waals surface area contributed by atoms with E-state index < -0.39 is 5.54 Å². The minimum Gasteiger partial charge on any atom is -0.497 e. The van der Waals surface area contributed by atoms with Crippen LogP contribution in [0.1, 0.15) is 49.3 Å². The number of methoxy groups -OCH3 is 1. The molecule has 2 fully saturated rings. The van der Waals surface area contributed by atoms with E-state index in [-0.39, 0.29) is 24.4 Å². The minimum absolute atomic E-state index is 0.0195. The minimum atomic E-state index is -0.960. The van der Waals surface area contributed by atoms with Crippen molar-refractivity contribution >= 4 is 34.8 Å². The van der Waals surface area contributed by atoms with Crippen LogP contribution in [0.5, 0.6) is 5.75 Å². The van der Waals surface area contributed by atoms with E-state index in [2.05, 4.69) is 22.8 Å². The summed E-state index contributed by atoms with van der Waals surface area (Å²) in [6, 6.07) is 27.3. The van der Waals surface area contributed by atoms with Gasteiger partial charge in [-0.25, -0.2) is 0 Å². The number of anilines is 1. The Hall–Kier alpha value is -3.91. The number of nitrogens with one attached hydrogen (secondary N) is 2. The van der Waals surface area contributed by atoms with Gasteiger partial charge in [-0.3, -0.25) is 9.59 Å². The van der Waals surface area contributed by atoms with Crippen LogP contribution >= 0.6 is 12.2 Å². The number of carbonyl (C=O) groups is 2. The first-order chi connectivity index (χ1) is 19.5. The molecule has 0 aromatic heterocycles. The second-order valence-electron chi connectivity index (χ2n) is 10.5. The van der Waals surface area contributed by atoms with Gasteiger partial charge in [0.25, 0.3) is 0 Å². The fourth-order valence-electron chi connectivity index (χ4n) is 5.77. The number of carbonyl (C=O) groups excluding carboxylic acids is 2. The molecule has 1 aliphatic heterocycles. The van der Waals surface area contributed by atoms with Gasteiger partial charge in [0.15, 0.2) is 5.11 Å². The fourth-order valence-corrected chi connectivity index (χ4v) is 6.05. The quantitative estimate of drug-likeness (QED) is 0.349. The summed E-state index contributed by atoms with van der Waals surface area (Å²) in [5.41, 5.74) is 1.84. The number of nitrogens with zero attached hydrogens (tertiary/aromatic N) is 2. The molecule has 0 spiro atoms. The average Bonchev–Trinajstić information content (AvgIpc) is 3.37. The lowest BCUT2D eigenvalue weighted by Gasteiger charge is -2.45. The zero-order valence-corrected chi connectivity index (χ0v) is 23.7. The lowest BCUT2D eigenvalue weighted by molar-refractivity contribution is -0.149. The van der Waals surface area contributed by atoms with Gasteiger partial charge in [-0.05, 0) is 60.5 Å². The van der Waals surface area contributed by atoms with Crippen molar-refractivity contribution in [3.05, 3.63) is 96.1 Å². The van der Waals surface area contributed by atoms with Crippen molar-refractivity contribution in [2.45, 2.75) is 50.2 Å². The molecule has 0 radical (unpaired) electrons. The predicted octanol–water partition coefficient (Wildman–Crippen LogP) is 5.30. The molecule has 208 valence electrons. The molecule has 1 unspecified atom stereocenters. The maximum absolute atomic E-state index is 14.2. The van der Waals surface area contributed by atoms with Gasteiger partial charge in [-0.15, -0.1) is 0 Å². The van der Waals surface area contributed by atoms with Crippen molar-refractivity contribution < 1.29 is 14.3 Å². The molecule has 2 amide bonds. The Balaban J connectivity index is 1.42. The van der Waals surface area contributed by atoms with E-state index in [1.54, 1.807) is 7.11 Å². The number of hydrogen-bond acceptors (Lipinski definition) is 4. The van der Waals surface area contributed by atoms with Gasteiger partial charge < -0.3 is 25.2 Å². The first-order valence-corrected chi connectivity index (χ1v) is 14.3. The second-order valence-corrected chi connectivity index (χ2v) is 10.9. The van der Waals surface area contributed by atoms with Gasteiger partial charge in [0.2, 0.25) is 11.8 Å². The lowest BCUT2D eigenvalue weighted by Crippen LogP contribution is -2.61. The highest BCUT2D eigenvalue weighted by molar-refractivity contribution is 7.80. The molecule has 2 N–H and O–H groups in total. The van der Waals surface area contributed by atoms with Gasteiger partial charge in [-0.1, -0.05) is 79.9 Å². The van der Waals surface area contributed by atoms with Crippen LogP contribution in [-0.4, -0.2) is 52.5 Å². The highest BCUT2D eigenvalue weighted by atomic mass is 32.1. The molecule has 40 heavy (non-hydrogen) atoms. The Morgan fingerprint density at radius 1 is 0.975 bits per heavy atom. The zero-order valence-electron chi connectivity index (χ0n) is 22.8. The van der Waals surface area contributed by atoms with E-state index in [0.717, 1.165) is 36.1 Å². The largest absolute Gasteiger partial charge is 0.497 e. The van der Waals surface area contributed by atoms with E-state index >= 15 is 0 Å². The fraction of sp³-hybridized carbons (Fsp3) is 0.344. The molecular formula is C32H36N4O3S. The highest BCUT2D eigenvalue weighted by Gasteiger charge is 2.47. The predicted molar refractivity (Wildman–Crippen MR) is 161 cm³/mol. The van der Waals surface area contributed by atoms with Crippen LogP contribution in [0.3, 0.4) is 0 Å². The van der Waals surface area contributed by atoms with E-state index in [1.165, 1.54) is 0 Å². The monoisotopic (exact) mass is 556 g/mol. The third-order valence-corrected chi connectivity index (χ3v) is 8.34. The van der Waals surface area contributed by atoms with Crippen molar-refractivity contribution in [1.82, 2.24) is 15.1 Å². The Kier molecular flexibility index (Phi) is 8.65. The number of hydrogen-bond donors (Lipinski definition) is 2. The summed E-state index contributed by atoms with van der Waals surface area (Å²) in [6.07, 6.45) is 4.04. The van der Waals surface area contributed by atoms with Crippen molar-refractivity contribution in [3.63, 3.8) is 0 Å². The molecule has 5 rings (SSSR count). The molecule has 2 aliphatic rings. The summed E-state index contributed by atoms with van der Waals surface area (Å²) < 4.78 is 5.27. The van der Waals surface area contributed by atoms with Gasteiger partial charge in [0.1, 0.15) is 11.3 Å². The zero-order chi connectivity index (χ0) is 28.0. The summed E-state index contributed by atoms with van der Waals surface area (Å²) in [5, 5.41) is 7.04. The summed E-state index contributed by atoms with van der Waals surface area (Å²) >= 11 is 5.65. The van der Waals surface area contributed by atoms with Gasteiger partial charge >= 0.3 is 0 Å². The SMILES string of the molecule is COc1ccc(NC(=O)C2(N(Cc3ccccc3)C(=O)CN3CC(c4ccccc4)NC3=S)CCCCC2)cc1. The normalized spacial score (nSPS) is 18.1. The Morgan fingerprint density at radius 2 is 1.62 bits per heavy atom. The number of thiocarbonyl (C=S) groups is 1. The number of benzene rings is 3. The van der Waals surface area contributed by atoms with Crippen LogP contribution < -0.4 is 15.4 Å². The summed E-state index contributed by atoms with van der Waals surface area (Å²) in [4.78, 5) is 32.1. The Labute approximate surface area is 241 Å². The van der Waals surface area contributed by atoms with E-state index in [1.807, 2.05) is 82.6 Å². The standard InChI is InChI=1S/C32H36N4O3S/c1-39-27-17-15-26(16-18-27)33-30(38)32(19-9-4-10-20-32)36(21-24-11-5-2-6-12-24)29(37)23-35-22-28(34-31(35)40)25-13-7-3-8-14-25/h2-3,5-8,11-18,28H,4,9-10,19-23H2,1H3,(H,33,38)(H,34,40). The Bertz CT molecular complexity index is 1310. The third kappa shape index (κ3) is 6.12. The summed E-state index contributed by atoms with van der Waals surface area (Å²) in [7, 11) is 1.61. The average molecular weight is 557 g/mol. The second kappa shape index (κ2) is 12.5. The van der Waals surface area contributed by atoms with Gasteiger partial charge in [0.05, 0.1) is 19.7 Å². The lowest BCUT2D eigenvalue weighted by atomic mass is 9.78. The van der Waals surface area contributed by atoms with E-state index in [4.69, 9.17) is 17.0 Å². The van der Waals surface area contributed by atoms with Crippen molar-refractivity contribution in [2.24, 2.45) is 0 Å². The van der Waals surface area contributed by atoms with Crippen LogP contribution in [0.15, 0.2) is 84.9 Å². The van der Waals surface area contributed by atoms with Crippen LogP contribution in [-0.2, 0) is 16.1 Å². The molecule has 1 saturated carbocycles. The van der Waals surface area contributed by atoms with Gasteiger partial charge in [0, 0.05) is 18.8 Å². The first-order valence-electron chi connectivity index (χ1n) is 13.9. The number of rotatable bonds is 9. The molecule has 1 atom stereocenters. The molecule has 1 heterocycles. The number of ether oxygens (including phenoxy) is 1. The maximum Gasteiger partial charge on any atom is 0.250 e. The van der Waals surface area contributed by atoms with Crippen LogP contribution in [0.25, 0.3) is 0 Å². The molecule has 3 aromatic carbocycles. The third-order valence-electron chi connectivity index (χ3n) is 7.97. The summed E-state index contributed by atoms with van der Waals surface area (Å²) in [5.74, 6) is 0.467. The van der Waals surface area contributed by atoms with Crippen LogP contribution in [0, 0.1) is 0 Å². The Morgan fingerprint density at radius 3 is 2.27 bits per heavy atom. The molecule has 0 bridgehead atoms. The molecule has 1 saturated heterocycles. The summed E-state index contributed by atoms with van der Waals surface area (Å²) in [6.45, 7) is 1.06. The first kappa shape index (κ1) is 27.6. The van der Waals surface area contributed by atoms with Crippen LogP contribution in [0.4, 0.5) is 5.69 Å². The molecule has 7 nitrogen and oxygen atoms in total. The van der Waals surface area contributed by atoms with E-state index in [9.17, 15) is 9.59 Å². The van der Waals surface area contributed by atoms with Crippen molar-refractivity contribution in [1.29, 1.82) is 0 Å². The molecule has 8 heteroatoms. The number of amides is 2. The topological polar surface area (TPSA) is 73.9 Å².